The first kappa shape index (κ1) is 26.6. The normalized spacial score (nSPS) is 11.7. The van der Waals surface area contributed by atoms with Crippen LogP contribution < -0.4 is 0 Å². The van der Waals surface area contributed by atoms with Crippen LogP contribution >= 0.6 is 0 Å². The van der Waals surface area contributed by atoms with Gasteiger partial charge in [-0.25, -0.2) is 8.42 Å². The number of carbonyl (C=O) groups excluding carboxylic acids is 1. The number of rotatable bonds is 9. The topological polar surface area (TPSA) is 92.7 Å². The molecule has 0 heterocycles. The summed E-state index contributed by atoms with van der Waals surface area (Å²) in [5, 5.41) is 0. The number of esters is 1. The van der Waals surface area contributed by atoms with E-state index in [1.54, 1.807) is 30.3 Å². The van der Waals surface area contributed by atoms with Crippen LogP contribution in [0, 0.1) is 6.92 Å². The third-order valence-corrected chi connectivity index (χ3v) is 7.26. The van der Waals surface area contributed by atoms with E-state index in [1.807, 2.05) is 6.07 Å². The summed E-state index contributed by atoms with van der Waals surface area (Å²) >= 11 is 0. The Hall–Kier alpha value is -2.65. The summed E-state index contributed by atoms with van der Waals surface area (Å²) < 4.78 is 38.9. The summed E-state index contributed by atoms with van der Waals surface area (Å²) in [4.78, 5) is 12.7. The van der Waals surface area contributed by atoms with E-state index in [1.165, 1.54) is 23.1 Å². The van der Waals surface area contributed by atoms with Crippen molar-refractivity contribution in [3.8, 4) is 0 Å². The Bertz CT molecular complexity index is 1070. The Labute approximate surface area is 198 Å². The van der Waals surface area contributed by atoms with Crippen molar-refractivity contribution in [3.05, 3.63) is 102 Å². The van der Waals surface area contributed by atoms with Crippen LogP contribution in [0.2, 0.25) is 0 Å². The molecule has 3 aromatic rings. The smallest absolute Gasteiger partial charge is 0.310 e. The monoisotopic (exact) mass is 488 g/mol. The highest BCUT2D eigenvalue weighted by Crippen LogP contribution is 2.21. The SMILES string of the molecule is COC(=O)CC[S+](Cc1ccccc1)c1ccc(C)cc1.O=S(=O)([O-])OCc1ccccc1. The van der Waals surface area contributed by atoms with E-state index in [9.17, 15) is 17.8 Å². The molecule has 8 heteroatoms. The van der Waals surface area contributed by atoms with Crippen molar-refractivity contribution >= 4 is 27.3 Å². The van der Waals surface area contributed by atoms with Gasteiger partial charge in [0.25, 0.3) is 0 Å². The molecule has 1 unspecified atom stereocenters. The van der Waals surface area contributed by atoms with E-state index in [0.29, 0.717) is 12.0 Å². The van der Waals surface area contributed by atoms with E-state index < -0.39 is 10.4 Å². The highest BCUT2D eigenvalue weighted by atomic mass is 32.3. The van der Waals surface area contributed by atoms with E-state index in [2.05, 4.69) is 59.6 Å². The molecule has 3 rings (SSSR count). The number of ether oxygens (including phenoxy) is 1. The first-order chi connectivity index (χ1) is 15.8. The third kappa shape index (κ3) is 11.2. The number of aryl methyl sites for hydroxylation is 1. The minimum Gasteiger partial charge on any atom is -0.726 e. The van der Waals surface area contributed by atoms with Gasteiger partial charge in [0.1, 0.15) is 11.5 Å². The maximum atomic E-state index is 11.4. The minimum atomic E-state index is -4.57. The molecule has 33 heavy (non-hydrogen) atoms. The first-order valence-corrected chi connectivity index (χ1v) is 13.2. The van der Waals surface area contributed by atoms with Crippen molar-refractivity contribution in [1.29, 1.82) is 0 Å². The van der Waals surface area contributed by atoms with Gasteiger partial charge in [0.2, 0.25) is 10.4 Å². The van der Waals surface area contributed by atoms with Gasteiger partial charge < -0.3 is 9.29 Å². The molecule has 0 bridgehead atoms. The van der Waals surface area contributed by atoms with Gasteiger partial charge in [-0.05, 0) is 24.6 Å². The summed E-state index contributed by atoms with van der Waals surface area (Å²) in [5.41, 5.74) is 3.22. The van der Waals surface area contributed by atoms with Crippen LogP contribution in [-0.2, 0) is 47.4 Å². The summed E-state index contributed by atoms with van der Waals surface area (Å²) in [6.07, 6.45) is 0.473. The lowest BCUT2D eigenvalue weighted by atomic mass is 10.2. The summed E-state index contributed by atoms with van der Waals surface area (Å²) in [7, 11) is -3.09. The van der Waals surface area contributed by atoms with Crippen molar-refractivity contribution < 1.29 is 26.7 Å². The highest BCUT2D eigenvalue weighted by Gasteiger charge is 2.23. The second-order valence-corrected chi connectivity index (χ2v) is 10.3. The highest BCUT2D eigenvalue weighted by molar-refractivity contribution is 7.96. The lowest BCUT2D eigenvalue weighted by Crippen LogP contribution is -2.15. The third-order valence-electron chi connectivity index (χ3n) is 4.53. The van der Waals surface area contributed by atoms with Gasteiger partial charge in [-0.15, -0.1) is 0 Å². The fraction of sp³-hybridized carbons (Fsp3) is 0.240. The largest absolute Gasteiger partial charge is 0.726 e. The Morgan fingerprint density at radius 2 is 1.42 bits per heavy atom. The Morgan fingerprint density at radius 3 is 1.94 bits per heavy atom. The molecule has 176 valence electrons. The van der Waals surface area contributed by atoms with Crippen molar-refractivity contribution in [1.82, 2.24) is 0 Å². The van der Waals surface area contributed by atoms with Crippen LogP contribution in [0.15, 0.2) is 89.8 Å². The molecule has 0 spiro atoms. The van der Waals surface area contributed by atoms with Gasteiger partial charge in [-0.1, -0.05) is 78.4 Å². The molecule has 6 nitrogen and oxygen atoms in total. The fourth-order valence-electron chi connectivity index (χ4n) is 2.80. The van der Waals surface area contributed by atoms with Crippen molar-refractivity contribution in [2.24, 2.45) is 0 Å². The standard InChI is InChI=1S/C18H21O2S.C7H8O4S/c1-15-8-10-17(11-9-15)21(13-12-18(19)20-2)14-16-6-4-3-5-7-16;8-12(9,10)11-6-7-4-2-1-3-5-7/h3-11H,12-14H2,1-2H3;1-5H,6H2,(H,8,9,10)/q+1;/p-1. The van der Waals surface area contributed by atoms with Gasteiger partial charge in [0.15, 0.2) is 4.90 Å². The number of carbonyl (C=O) groups is 1. The molecular formula is C25H28O6S2. The summed E-state index contributed by atoms with van der Waals surface area (Å²) in [5.74, 6) is 1.68. The molecule has 0 N–H and O–H groups in total. The van der Waals surface area contributed by atoms with Gasteiger partial charge in [-0.2, -0.15) is 0 Å². The number of benzene rings is 3. The van der Waals surface area contributed by atoms with Crippen molar-refractivity contribution in [2.45, 2.75) is 30.6 Å². The molecule has 0 saturated carbocycles. The Morgan fingerprint density at radius 1 is 0.879 bits per heavy atom. The lowest BCUT2D eigenvalue weighted by molar-refractivity contribution is -0.140. The molecule has 0 aliphatic carbocycles. The van der Waals surface area contributed by atoms with Crippen LogP contribution in [0.5, 0.6) is 0 Å². The quantitative estimate of drug-likeness (QED) is 0.192. The van der Waals surface area contributed by atoms with Gasteiger partial charge in [0.05, 0.1) is 20.1 Å². The molecule has 0 saturated heterocycles. The summed E-state index contributed by atoms with van der Waals surface area (Å²) in [6, 6.07) is 27.7. The molecule has 3 aromatic carbocycles. The predicted molar refractivity (Wildman–Crippen MR) is 129 cm³/mol. The zero-order chi connectivity index (χ0) is 24.1. The number of hydrogen-bond donors (Lipinski definition) is 0. The van der Waals surface area contributed by atoms with Crippen LogP contribution in [0.4, 0.5) is 0 Å². The summed E-state index contributed by atoms with van der Waals surface area (Å²) in [6.45, 7) is 1.89. The van der Waals surface area contributed by atoms with Gasteiger partial charge >= 0.3 is 5.97 Å². The lowest BCUT2D eigenvalue weighted by Gasteiger charge is -2.09. The zero-order valence-electron chi connectivity index (χ0n) is 18.7. The average Bonchev–Trinajstić information content (AvgIpc) is 2.82. The maximum absolute atomic E-state index is 11.4. The Kier molecular flexibility index (Phi) is 11.1. The fourth-order valence-corrected chi connectivity index (χ4v) is 5.16. The molecule has 0 amide bonds. The van der Waals surface area contributed by atoms with Gasteiger partial charge in [-0.3, -0.25) is 8.98 Å². The van der Waals surface area contributed by atoms with E-state index in [0.717, 1.165) is 11.5 Å². The predicted octanol–water partition coefficient (Wildman–Crippen LogP) is 4.40. The molecule has 0 radical (unpaired) electrons. The van der Waals surface area contributed by atoms with E-state index in [4.69, 9.17) is 4.74 Å². The van der Waals surface area contributed by atoms with Crippen LogP contribution in [0.1, 0.15) is 23.1 Å². The van der Waals surface area contributed by atoms with Crippen molar-refractivity contribution in [3.63, 3.8) is 0 Å². The van der Waals surface area contributed by atoms with E-state index in [-0.39, 0.29) is 23.5 Å². The van der Waals surface area contributed by atoms with Gasteiger partial charge in [0, 0.05) is 16.5 Å². The molecule has 0 fully saturated rings. The molecule has 0 aromatic heterocycles. The average molecular weight is 489 g/mol. The molecule has 1 atom stereocenters. The maximum Gasteiger partial charge on any atom is 0.310 e. The zero-order valence-corrected chi connectivity index (χ0v) is 20.3. The van der Waals surface area contributed by atoms with Crippen LogP contribution in [-0.4, -0.2) is 31.8 Å². The minimum absolute atomic E-state index is 0.0299. The van der Waals surface area contributed by atoms with Crippen LogP contribution in [0.25, 0.3) is 0 Å². The molecular weight excluding hydrogens is 460 g/mol. The second-order valence-electron chi connectivity index (χ2n) is 7.12. The molecule has 0 aliphatic heterocycles. The van der Waals surface area contributed by atoms with E-state index >= 15 is 0 Å². The number of hydrogen-bond acceptors (Lipinski definition) is 6. The Balaban J connectivity index is 0.000000273. The first-order valence-electron chi connectivity index (χ1n) is 10.3. The van der Waals surface area contributed by atoms with Crippen molar-refractivity contribution in [2.75, 3.05) is 12.9 Å². The van der Waals surface area contributed by atoms with Crippen LogP contribution in [0.3, 0.4) is 0 Å². The molecule has 0 aliphatic rings. The number of methoxy groups -OCH3 is 1. The second kappa shape index (κ2) is 13.8.